The fourth-order valence-electron chi connectivity index (χ4n) is 3.32. The second-order valence-electron chi connectivity index (χ2n) is 6.84. The summed E-state index contributed by atoms with van der Waals surface area (Å²) in [6.07, 6.45) is 0. The van der Waals surface area contributed by atoms with E-state index in [-0.39, 0.29) is 5.91 Å². The number of carbonyl (C=O) groups is 1. The van der Waals surface area contributed by atoms with Crippen LogP contribution in [0.3, 0.4) is 0 Å². The van der Waals surface area contributed by atoms with Crippen molar-refractivity contribution in [2.24, 2.45) is 0 Å². The number of aromatic nitrogens is 2. The van der Waals surface area contributed by atoms with E-state index in [1.807, 2.05) is 73.7 Å². The van der Waals surface area contributed by atoms with Crippen LogP contribution >= 0.6 is 23.2 Å². The van der Waals surface area contributed by atoms with Gasteiger partial charge in [-0.05, 0) is 36.8 Å². The molecule has 1 heterocycles. The van der Waals surface area contributed by atoms with Gasteiger partial charge in [0.15, 0.2) is 0 Å². The summed E-state index contributed by atoms with van der Waals surface area (Å²) in [4.78, 5) is 13.2. The number of amides is 1. The molecule has 0 bridgehead atoms. The Bertz CT molecular complexity index is 1190. The molecule has 0 atom stereocenters. The quantitative estimate of drug-likeness (QED) is 0.412. The largest absolute Gasteiger partial charge is 0.348 e. The average molecular weight is 436 g/mol. The number of rotatable bonds is 5. The first-order chi connectivity index (χ1) is 14.5. The summed E-state index contributed by atoms with van der Waals surface area (Å²) in [6, 6.07) is 24.7. The number of benzene rings is 3. The molecular formula is C24H19Cl2N3O. The van der Waals surface area contributed by atoms with Gasteiger partial charge in [-0.1, -0.05) is 77.8 Å². The van der Waals surface area contributed by atoms with Crippen LogP contribution in [0.5, 0.6) is 0 Å². The zero-order chi connectivity index (χ0) is 21.1. The molecule has 1 amide bonds. The van der Waals surface area contributed by atoms with Crippen LogP contribution in [0.4, 0.5) is 0 Å². The predicted molar refractivity (Wildman–Crippen MR) is 121 cm³/mol. The Balaban J connectivity index is 1.72. The van der Waals surface area contributed by atoms with Crippen LogP contribution in [0.25, 0.3) is 16.9 Å². The van der Waals surface area contributed by atoms with Crippen molar-refractivity contribution in [3.8, 4) is 16.9 Å². The smallest absolute Gasteiger partial charge is 0.255 e. The summed E-state index contributed by atoms with van der Waals surface area (Å²) in [7, 11) is 0. The van der Waals surface area contributed by atoms with Crippen LogP contribution < -0.4 is 5.32 Å². The number of hydrogen-bond acceptors (Lipinski definition) is 2. The lowest BCUT2D eigenvalue weighted by molar-refractivity contribution is 0.0951. The van der Waals surface area contributed by atoms with E-state index in [4.69, 9.17) is 28.3 Å². The highest BCUT2D eigenvalue weighted by Gasteiger charge is 2.23. The summed E-state index contributed by atoms with van der Waals surface area (Å²) >= 11 is 12.2. The molecule has 4 aromatic rings. The molecule has 3 aromatic carbocycles. The van der Waals surface area contributed by atoms with Gasteiger partial charge >= 0.3 is 0 Å². The fraction of sp³-hybridized carbons (Fsp3) is 0.0833. The molecule has 6 heteroatoms. The first-order valence-electron chi connectivity index (χ1n) is 9.47. The summed E-state index contributed by atoms with van der Waals surface area (Å²) < 4.78 is 1.80. The molecule has 0 radical (unpaired) electrons. The Hall–Kier alpha value is -3.08. The van der Waals surface area contributed by atoms with Gasteiger partial charge in [0.2, 0.25) is 0 Å². The van der Waals surface area contributed by atoms with E-state index < -0.39 is 0 Å². The number of nitrogens with one attached hydrogen (secondary N) is 1. The maximum atomic E-state index is 13.2. The lowest BCUT2D eigenvalue weighted by Crippen LogP contribution is -2.24. The minimum Gasteiger partial charge on any atom is -0.348 e. The summed E-state index contributed by atoms with van der Waals surface area (Å²) in [6.45, 7) is 2.19. The van der Waals surface area contributed by atoms with Crippen molar-refractivity contribution in [1.82, 2.24) is 15.1 Å². The van der Waals surface area contributed by atoms with Gasteiger partial charge in [0.1, 0.15) is 5.69 Å². The van der Waals surface area contributed by atoms with Crippen LogP contribution in [0.1, 0.15) is 21.6 Å². The van der Waals surface area contributed by atoms with Crippen molar-refractivity contribution in [2.45, 2.75) is 13.5 Å². The van der Waals surface area contributed by atoms with E-state index in [0.717, 1.165) is 22.5 Å². The predicted octanol–water partition coefficient (Wildman–Crippen LogP) is 6.08. The van der Waals surface area contributed by atoms with E-state index in [1.54, 1.807) is 16.8 Å². The normalized spacial score (nSPS) is 10.8. The van der Waals surface area contributed by atoms with E-state index in [9.17, 15) is 4.79 Å². The number of carbonyl (C=O) groups excluding carboxylic acids is 1. The third-order valence-corrected chi connectivity index (χ3v) is 5.43. The SMILES string of the molecule is Cc1c(C(=O)NCc2ccc(Cl)cc2Cl)c(-c2ccccc2)nn1-c1ccccc1. The van der Waals surface area contributed by atoms with Gasteiger partial charge in [-0.2, -0.15) is 5.10 Å². The Kier molecular flexibility index (Phi) is 5.88. The molecule has 0 aliphatic heterocycles. The lowest BCUT2D eigenvalue weighted by atomic mass is 10.1. The van der Waals surface area contributed by atoms with Gasteiger partial charge in [-0.3, -0.25) is 4.79 Å². The molecule has 4 nitrogen and oxygen atoms in total. The van der Waals surface area contributed by atoms with Gasteiger partial charge in [0.05, 0.1) is 16.9 Å². The number of nitrogens with zero attached hydrogens (tertiary/aromatic N) is 2. The topological polar surface area (TPSA) is 46.9 Å². The Labute approximate surface area is 185 Å². The zero-order valence-corrected chi connectivity index (χ0v) is 17.8. The molecule has 0 aliphatic rings. The van der Waals surface area contributed by atoms with Crippen LogP contribution in [-0.4, -0.2) is 15.7 Å². The number of para-hydroxylation sites is 1. The van der Waals surface area contributed by atoms with Crippen LogP contribution in [0.2, 0.25) is 10.0 Å². The molecule has 0 spiro atoms. The summed E-state index contributed by atoms with van der Waals surface area (Å²) in [5.41, 5.74) is 4.51. The van der Waals surface area contributed by atoms with E-state index in [0.29, 0.717) is 27.8 Å². The monoisotopic (exact) mass is 435 g/mol. The minimum absolute atomic E-state index is 0.209. The second kappa shape index (κ2) is 8.74. The average Bonchev–Trinajstić information content (AvgIpc) is 3.11. The first-order valence-corrected chi connectivity index (χ1v) is 10.2. The highest BCUT2D eigenvalue weighted by atomic mass is 35.5. The molecule has 0 unspecified atom stereocenters. The first kappa shape index (κ1) is 20.2. The maximum absolute atomic E-state index is 13.2. The van der Waals surface area contributed by atoms with Gasteiger partial charge in [-0.25, -0.2) is 4.68 Å². The molecule has 0 saturated carbocycles. The molecule has 0 aliphatic carbocycles. The van der Waals surface area contributed by atoms with Gasteiger partial charge in [-0.15, -0.1) is 0 Å². The Morgan fingerprint density at radius 1 is 0.967 bits per heavy atom. The summed E-state index contributed by atoms with van der Waals surface area (Å²) in [5.74, 6) is -0.209. The molecule has 30 heavy (non-hydrogen) atoms. The van der Waals surface area contributed by atoms with Crippen molar-refractivity contribution in [3.05, 3.63) is 106 Å². The summed E-state index contributed by atoms with van der Waals surface area (Å²) in [5, 5.41) is 8.81. The van der Waals surface area contributed by atoms with Crippen molar-refractivity contribution in [3.63, 3.8) is 0 Å². The highest BCUT2D eigenvalue weighted by Crippen LogP contribution is 2.27. The number of hydrogen-bond donors (Lipinski definition) is 1. The molecular weight excluding hydrogens is 417 g/mol. The van der Waals surface area contributed by atoms with Crippen molar-refractivity contribution in [1.29, 1.82) is 0 Å². The third-order valence-electron chi connectivity index (χ3n) is 4.85. The molecule has 4 rings (SSSR count). The van der Waals surface area contributed by atoms with Crippen LogP contribution in [0.15, 0.2) is 78.9 Å². The second-order valence-corrected chi connectivity index (χ2v) is 7.68. The minimum atomic E-state index is -0.209. The standard InChI is InChI=1S/C24H19Cl2N3O/c1-16-22(24(30)27-15-18-12-13-19(25)14-21(18)26)23(17-8-4-2-5-9-17)28-29(16)20-10-6-3-7-11-20/h2-14H,15H2,1H3,(H,27,30). The zero-order valence-electron chi connectivity index (χ0n) is 16.3. The number of halogens is 2. The van der Waals surface area contributed by atoms with E-state index in [1.165, 1.54) is 0 Å². The fourth-order valence-corrected chi connectivity index (χ4v) is 3.80. The Morgan fingerprint density at radius 3 is 2.30 bits per heavy atom. The van der Waals surface area contributed by atoms with E-state index in [2.05, 4.69) is 5.32 Å². The Morgan fingerprint density at radius 2 is 1.63 bits per heavy atom. The van der Waals surface area contributed by atoms with Gasteiger partial charge in [0.25, 0.3) is 5.91 Å². The van der Waals surface area contributed by atoms with Gasteiger partial charge in [0, 0.05) is 22.2 Å². The van der Waals surface area contributed by atoms with Crippen LogP contribution in [-0.2, 0) is 6.54 Å². The molecule has 0 saturated heterocycles. The molecule has 0 fully saturated rings. The molecule has 1 aromatic heterocycles. The third kappa shape index (κ3) is 4.11. The lowest BCUT2D eigenvalue weighted by Gasteiger charge is -2.09. The maximum Gasteiger partial charge on any atom is 0.255 e. The van der Waals surface area contributed by atoms with Crippen LogP contribution in [0, 0.1) is 6.92 Å². The highest BCUT2D eigenvalue weighted by molar-refractivity contribution is 6.35. The van der Waals surface area contributed by atoms with E-state index >= 15 is 0 Å². The van der Waals surface area contributed by atoms with Crippen molar-refractivity contribution in [2.75, 3.05) is 0 Å². The molecule has 1 N–H and O–H groups in total. The molecule has 150 valence electrons. The van der Waals surface area contributed by atoms with Crippen molar-refractivity contribution >= 4 is 29.1 Å². The van der Waals surface area contributed by atoms with Crippen molar-refractivity contribution < 1.29 is 4.79 Å². The van der Waals surface area contributed by atoms with Gasteiger partial charge < -0.3 is 5.32 Å².